The molecular weight excluding hydrogens is 286 g/mol. The molecule has 1 aromatic heterocycles. The first-order valence-corrected chi connectivity index (χ1v) is 7.60. The highest BCUT2D eigenvalue weighted by Crippen LogP contribution is 2.42. The Kier molecular flexibility index (Phi) is 5.18. The minimum atomic E-state index is -1.10. The summed E-state index contributed by atoms with van der Waals surface area (Å²) in [4.78, 5) is 23.3. The molecule has 0 aliphatic heterocycles. The second-order valence-electron chi connectivity index (χ2n) is 5.69. The highest BCUT2D eigenvalue weighted by atomic mass is 16.5. The summed E-state index contributed by atoms with van der Waals surface area (Å²) in [6.07, 6.45) is 3.61. The summed E-state index contributed by atoms with van der Waals surface area (Å²) in [5, 5.41) is 15.9. The summed E-state index contributed by atoms with van der Waals surface area (Å²) < 4.78 is 6.74. The van der Waals surface area contributed by atoms with Crippen molar-refractivity contribution >= 4 is 11.9 Å². The zero-order valence-electron chi connectivity index (χ0n) is 13.2. The van der Waals surface area contributed by atoms with Crippen molar-refractivity contribution in [2.45, 2.75) is 51.2 Å². The van der Waals surface area contributed by atoms with Crippen molar-refractivity contribution in [3.63, 3.8) is 0 Å². The molecule has 1 aliphatic rings. The zero-order valence-corrected chi connectivity index (χ0v) is 13.2. The summed E-state index contributed by atoms with van der Waals surface area (Å²) in [5.74, 6) is -1.00. The third-order valence-electron chi connectivity index (χ3n) is 4.06. The Balaban J connectivity index is 2.13. The van der Waals surface area contributed by atoms with Gasteiger partial charge in [0.2, 0.25) is 0 Å². The van der Waals surface area contributed by atoms with Crippen LogP contribution in [0.5, 0.6) is 0 Å². The lowest BCUT2D eigenvalue weighted by molar-refractivity contribution is -0.148. The van der Waals surface area contributed by atoms with E-state index in [9.17, 15) is 9.59 Å². The Morgan fingerprint density at radius 3 is 2.73 bits per heavy atom. The van der Waals surface area contributed by atoms with E-state index >= 15 is 0 Å². The molecule has 0 bridgehead atoms. The predicted molar refractivity (Wildman–Crippen MR) is 80.0 cm³/mol. The van der Waals surface area contributed by atoms with Crippen molar-refractivity contribution in [1.29, 1.82) is 0 Å². The number of aromatic nitrogens is 2. The van der Waals surface area contributed by atoms with Gasteiger partial charge in [0.1, 0.15) is 0 Å². The number of hydrogen-bond donors (Lipinski definition) is 2. The number of rotatable bonds is 8. The number of nitrogens with one attached hydrogen (secondary N) is 1. The molecule has 1 saturated carbocycles. The van der Waals surface area contributed by atoms with Gasteiger partial charge in [-0.05, 0) is 26.2 Å². The van der Waals surface area contributed by atoms with E-state index in [2.05, 4.69) is 24.3 Å². The highest BCUT2D eigenvalue weighted by Gasteiger charge is 2.33. The number of amides is 1. The molecule has 0 aromatic carbocycles. The fourth-order valence-electron chi connectivity index (χ4n) is 2.39. The summed E-state index contributed by atoms with van der Waals surface area (Å²) >= 11 is 0. The average molecular weight is 309 g/mol. The number of carbonyl (C=O) groups is 2. The third kappa shape index (κ3) is 3.47. The number of carbonyl (C=O) groups excluding carboxylic acids is 1. The number of nitrogens with zero attached hydrogens (tertiary/aromatic N) is 2. The molecule has 1 heterocycles. The molecule has 122 valence electrons. The van der Waals surface area contributed by atoms with Gasteiger partial charge in [-0.3, -0.25) is 9.48 Å². The molecule has 2 atom stereocenters. The molecule has 0 saturated heterocycles. The van der Waals surface area contributed by atoms with Crippen LogP contribution >= 0.6 is 0 Å². The molecule has 1 fully saturated rings. The fraction of sp³-hybridized carbons (Fsp3) is 0.667. The van der Waals surface area contributed by atoms with E-state index in [4.69, 9.17) is 9.84 Å². The Labute approximate surface area is 129 Å². The van der Waals surface area contributed by atoms with Crippen molar-refractivity contribution < 1.29 is 19.4 Å². The maximum Gasteiger partial charge on any atom is 0.334 e. The number of carboxylic acids is 1. The molecule has 2 unspecified atom stereocenters. The summed E-state index contributed by atoms with van der Waals surface area (Å²) in [6, 6.07) is 0.239. The minimum absolute atomic E-state index is 0.0662. The molecule has 0 spiro atoms. The van der Waals surface area contributed by atoms with Gasteiger partial charge in [0, 0.05) is 19.1 Å². The van der Waals surface area contributed by atoms with E-state index < -0.39 is 12.1 Å². The third-order valence-corrected chi connectivity index (χ3v) is 4.06. The van der Waals surface area contributed by atoms with Crippen LogP contribution in [0.3, 0.4) is 0 Å². The van der Waals surface area contributed by atoms with Crippen LogP contribution in [-0.2, 0) is 9.53 Å². The second-order valence-corrected chi connectivity index (χ2v) is 5.69. The minimum Gasteiger partial charge on any atom is -0.479 e. The van der Waals surface area contributed by atoms with Crippen molar-refractivity contribution in [2.75, 3.05) is 13.7 Å². The lowest BCUT2D eigenvalue weighted by atomic mass is 10.1. The molecular formula is C15H23N3O4. The monoisotopic (exact) mass is 309 g/mol. The number of carboxylic acid groups (broad SMARTS) is 1. The topological polar surface area (TPSA) is 93.5 Å². The molecule has 1 amide bonds. The molecule has 7 nitrogen and oxygen atoms in total. The number of methoxy groups -OCH3 is 1. The highest BCUT2D eigenvalue weighted by molar-refractivity contribution is 5.95. The molecule has 1 aromatic rings. The molecule has 22 heavy (non-hydrogen) atoms. The van der Waals surface area contributed by atoms with Gasteiger partial charge in [0.15, 0.2) is 6.10 Å². The number of hydrogen-bond acceptors (Lipinski definition) is 4. The van der Waals surface area contributed by atoms with E-state index in [1.807, 2.05) is 4.68 Å². The van der Waals surface area contributed by atoms with Crippen LogP contribution < -0.4 is 5.32 Å². The maximum absolute atomic E-state index is 12.4. The molecule has 0 radical (unpaired) electrons. The Morgan fingerprint density at radius 2 is 2.23 bits per heavy atom. The summed E-state index contributed by atoms with van der Waals surface area (Å²) in [5.41, 5.74) is 1.51. The Bertz CT molecular complexity index is 551. The van der Waals surface area contributed by atoms with Gasteiger partial charge in [0.05, 0.1) is 24.0 Å². The van der Waals surface area contributed by atoms with Gasteiger partial charge in [-0.2, -0.15) is 5.10 Å². The zero-order chi connectivity index (χ0) is 16.3. The van der Waals surface area contributed by atoms with E-state index in [-0.39, 0.29) is 18.5 Å². The maximum atomic E-state index is 12.4. The van der Waals surface area contributed by atoms with Gasteiger partial charge in [-0.15, -0.1) is 0 Å². The summed E-state index contributed by atoms with van der Waals surface area (Å²) in [7, 11) is 1.31. The van der Waals surface area contributed by atoms with Gasteiger partial charge < -0.3 is 15.2 Å². The average Bonchev–Trinajstić information content (AvgIpc) is 3.24. The number of aliphatic carboxylic acids is 1. The molecule has 7 heteroatoms. The normalized spacial score (nSPS) is 17.0. The van der Waals surface area contributed by atoms with Crippen LogP contribution in [0.2, 0.25) is 0 Å². The number of ether oxygens (including phenoxy) is 1. The first kappa shape index (κ1) is 16.5. The molecule has 1 aliphatic carbocycles. The van der Waals surface area contributed by atoms with Gasteiger partial charge >= 0.3 is 5.97 Å². The molecule has 2 rings (SSSR count). The van der Waals surface area contributed by atoms with E-state index in [0.29, 0.717) is 11.5 Å². The first-order chi connectivity index (χ1) is 10.5. The molecule has 2 N–H and O–H groups in total. The quantitative estimate of drug-likeness (QED) is 0.760. The van der Waals surface area contributed by atoms with Crippen LogP contribution in [0.15, 0.2) is 6.20 Å². The summed E-state index contributed by atoms with van der Waals surface area (Å²) in [6.45, 7) is 4.09. The largest absolute Gasteiger partial charge is 0.479 e. The van der Waals surface area contributed by atoms with E-state index in [1.165, 1.54) is 7.11 Å². The predicted octanol–water partition coefficient (Wildman–Crippen LogP) is 1.56. The second kappa shape index (κ2) is 6.91. The SMILES string of the molecule is CCC(C)n1ncc(C(=O)NCC(OC)C(=O)O)c1C1CC1. The van der Waals surface area contributed by atoms with E-state index in [0.717, 1.165) is 25.0 Å². The van der Waals surface area contributed by atoms with Crippen molar-refractivity contribution in [3.8, 4) is 0 Å². The lowest BCUT2D eigenvalue weighted by Crippen LogP contribution is -2.38. The van der Waals surface area contributed by atoms with E-state index in [1.54, 1.807) is 6.20 Å². The van der Waals surface area contributed by atoms with Gasteiger partial charge in [-0.1, -0.05) is 6.92 Å². The van der Waals surface area contributed by atoms with Crippen LogP contribution in [0.4, 0.5) is 0 Å². The standard InChI is InChI=1S/C15H23N3O4/c1-4-9(2)18-13(10-5-6-10)11(7-17-18)14(19)16-8-12(22-3)15(20)21/h7,9-10,12H,4-6,8H2,1-3H3,(H,16,19)(H,20,21). The van der Waals surface area contributed by atoms with Crippen molar-refractivity contribution in [2.24, 2.45) is 0 Å². The lowest BCUT2D eigenvalue weighted by Gasteiger charge is -2.15. The first-order valence-electron chi connectivity index (χ1n) is 7.60. The van der Waals surface area contributed by atoms with Crippen molar-refractivity contribution in [1.82, 2.24) is 15.1 Å². The van der Waals surface area contributed by atoms with Crippen LogP contribution in [0, 0.1) is 0 Å². The fourth-order valence-corrected chi connectivity index (χ4v) is 2.39. The van der Waals surface area contributed by atoms with Gasteiger partial charge in [0.25, 0.3) is 5.91 Å². The smallest absolute Gasteiger partial charge is 0.334 e. The van der Waals surface area contributed by atoms with Crippen LogP contribution in [-0.4, -0.2) is 46.5 Å². The van der Waals surface area contributed by atoms with Crippen molar-refractivity contribution in [3.05, 3.63) is 17.5 Å². The van der Waals surface area contributed by atoms with Gasteiger partial charge in [-0.25, -0.2) is 4.79 Å². The Hall–Kier alpha value is -1.89. The van der Waals surface area contributed by atoms with Crippen LogP contribution in [0.25, 0.3) is 0 Å². The Morgan fingerprint density at radius 1 is 1.55 bits per heavy atom. The van der Waals surface area contributed by atoms with Crippen LogP contribution in [0.1, 0.15) is 61.1 Å².